The van der Waals surface area contributed by atoms with Gasteiger partial charge in [0, 0.05) is 26.4 Å². The van der Waals surface area contributed by atoms with Crippen molar-refractivity contribution in [1.29, 1.82) is 0 Å². The van der Waals surface area contributed by atoms with Crippen molar-refractivity contribution in [2.75, 3.05) is 26.4 Å². The van der Waals surface area contributed by atoms with Gasteiger partial charge in [0.15, 0.2) is 0 Å². The van der Waals surface area contributed by atoms with Crippen LogP contribution < -0.4 is 9.47 Å². The molecule has 2 aromatic carbocycles. The molecule has 0 heterocycles. The fraction of sp³-hybridized carbons (Fsp3) is 0.702. The number of ether oxygens (including phenoxy) is 4. The number of halogens is 2. The summed E-state index contributed by atoms with van der Waals surface area (Å²) in [7, 11) is 0. The van der Waals surface area contributed by atoms with E-state index in [1.54, 1.807) is 0 Å². The molecule has 0 bridgehead atoms. The molecule has 0 saturated heterocycles. The maximum Gasteiger partial charge on any atom is 0.305 e. The van der Waals surface area contributed by atoms with Crippen LogP contribution in [0.3, 0.4) is 0 Å². The molecule has 0 radical (unpaired) electrons. The van der Waals surface area contributed by atoms with E-state index in [1.165, 1.54) is 136 Å². The number of carbonyl (C=O) groups excluding carboxylic acids is 2. The first-order valence-corrected chi connectivity index (χ1v) is 24.3. The van der Waals surface area contributed by atoms with Gasteiger partial charge in [-0.15, -0.1) is 0 Å². The standard InChI is InChI=1S/C47H74I2O6/c48-42-30-34-44(35-31-42)52-38-25-21-17-13-9-5-1-3-7-11-15-19-23-28-46(50)54-40-27-41-55-47(51)29-24-20-16-12-8-4-2-6-10-14-18-22-26-39-53-45-36-32-43(49)33-37-45/h30-37H,1-29,38-41H2. The number of hydrogen-bond donors (Lipinski definition) is 0. The van der Waals surface area contributed by atoms with Crippen LogP contribution >= 0.6 is 45.2 Å². The minimum Gasteiger partial charge on any atom is -0.494 e. The zero-order valence-corrected chi connectivity index (χ0v) is 38.5. The summed E-state index contributed by atoms with van der Waals surface area (Å²) in [6.07, 6.45) is 33.8. The number of unbranched alkanes of at least 4 members (excludes halogenated alkanes) is 24. The van der Waals surface area contributed by atoms with Crippen LogP contribution in [0.25, 0.3) is 0 Å². The third-order valence-corrected chi connectivity index (χ3v) is 11.5. The first-order chi connectivity index (χ1) is 27.0. The molecule has 312 valence electrons. The van der Waals surface area contributed by atoms with Crippen molar-refractivity contribution in [3.8, 4) is 11.5 Å². The first kappa shape index (κ1) is 49.6. The highest BCUT2D eigenvalue weighted by molar-refractivity contribution is 14.1. The van der Waals surface area contributed by atoms with Gasteiger partial charge in [0.25, 0.3) is 0 Å². The van der Waals surface area contributed by atoms with Gasteiger partial charge in [0.05, 0.1) is 26.4 Å². The van der Waals surface area contributed by atoms with E-state index >= 15 is 0 Å². The second-order valence-corrected chi connectivity index (χ2v) is 17.6. The summed E-state index contributed by atoms with van der Waals surface area (Å²) in [5.74, 6) is 1.69. The quantitative estimate of drug-likeness (QED) is 0.0379. The Morgan fingerprint density at radius 3 is 0.873 bits per heavy atom. The van der Waals surface area contributed by atoms with E-state index in [4.69, 9.17) is 18.9 Å². The van der Waals surface area contributed by atoms with Crippen LogP contribution in [0.15, 0.2) is 48.5 Å². The smallest absolute Gasteiger partial charge is 0.305 e. The lowest BCUT2D eigenvalue weighted by Crippen LogP contribution is -2.10. The van der Waals surface area contributed by atoms with E-state index in [2.05, 4.69) is 69.4 Å². The molecule has 2 rings (SSSR count). The molecule has 8 heteroatoms. The lowest BCUT2D eigenvalue weighted by Gasteiger charge is -2.07. The van der Waals surface area contributed by atoms with Crippen LogP contribution in [0.5, 0.6) is 11.5 Å². The molecule has 6 nitrogen and oxygen atoms in total. The number of hydrogen-bond acceptors (Lipinski definition) is 6. The Balaban J connectivity index is 1.19. The molecule has 0 aliphatic rings. The SMILES string of the molecule is O=C(CCCCCCCCCCCCCCCOc1ccc(I)cc1)OCCCOC(=O)CCCCCCCCCCCCCCCOc1ccc(I)cc1. The third kappa shape index (κ3) is 32.1. The van der Waals surface area contributed by atoms with E-state index in [0.717, 1.165) is 63.2 Å². The number of benzene rings is 2. The lowest BCUT2D eigenvalue weighted by molar-refractivity contribution is -0.146. The van der Waals surface area contributed by atoms with E-state index in [9.17, 15) is 9.59 Å². The second kappa shape index (κ2) is 36.8. The number of carbonyl (C=O) groups is 2. The molecule has 0 amide bonds. The van der Waals surface area contributed by atoms with Crippen molar-refractivity contribution in [2.24, 2.45) is 0 Å². The van der Waals surface area contributed by atoms with Crippen molar-refractivity contribution < 1.29 is 28.5 Å². The fourth-order valence-electron chi connectivity index (χ4n) is 6.65. The maximum atomic E-state index is 12.0. The van der Waals surface area contributed by atoms with E-state index < -0.39 is 0 Å². The highest BCUT2D eigenvalue weighted by atomic mass is 127. The number of esters is 2. The van der Waals surface area contributed by atoms with Gasteiger partial charge in [0.1, 0.15) is 11.5 Å². The zero-order chi connectivity index (χ0) is 39.3. The molecule has 0 spiro atoms. The Morgan fingerprint density at radius 1 is 0.327 bits per heavy atom. The Labute approximate surface area is 363 Å². The summed E-state index contributed by atoms with van der Waals surface area (Å²) in [6.45, 7) is 2.30. The van der Waals surface area contributed by atoms with Gasteiger partial charge in [0.2, 0.25) is 0 Å². The average molecular weight is 989 g/mol. The molecule has 0 atom stereocenters. The van der Waals surface area contributed by atoms with Crippen molar-refractivity contribution in [3.05, 3.63) is 55.7 Å². The number of rotatable bonds is 38. The van der Waals surface area contributed by atoms with Gasteiger partial charge in [-0.1, -0.05) is 141 Å². The van der Waals surface area contributed by atoms with Crippen LogP contribution in [0.4, 0.5) is 0 Å². The Bertz CT molecular complexity index is 1080. The van der Waals surface area contributed by atoms with Crippen LogP contribution in [-0.2, 0) is 19.1 Å². The summed E-state index contributed by atoms with van der Waals surface area (Å²) in [6, 6.07) is 16.5. The molecule has 0 N–H and O–H groups in total. The highest BCUT2D eigenvalue weighted by Gasteiger charge is 2.06. The molecule has 0 unspecified atom stereocenters. The Hall–Kier alpha value is -1.56. The minimum absolute atomic E-state index is 0.128. The zero-order valence-electron chi connectivity index (χ0n) is 34.2. The summed E-state index contributed by atoms with van der Waals surface area (Å²) in [5.41, 5.74) is 0. The predicted molar refractivity (Wildman–Crippen MR) is 245 cm³/mol. The van der Waals surface area contributed by atoms with Gasteiger partial charge in [-0.3, -0.25) is 9.59 Å². The van der Waals surface area contributed by atoms with Crippen LogP contribution in [0, 0.1) is 7.14 Å². The molecular weight excluding hydrogens is 914 g/mol. The summed E-state index contributed by atoms with van der Waals surface area (Å²) < 4.78 is 24.7. The average Bonchev–Trinajstić information content (AvgIpc) is 3.18. The Kier molecular flexibility index (Phi) is 33.1. The largest absolute Gasteiger partial charge is 0.494 e. The maximum absolute atomic E-state index is 12.0. The van der Waals surface area contributed by atoms with Gasteiger partial charge in [-0.25, -0.2) is 0 Å². The molecule has 0 saturated carbocycles. The molecule has 0 aliphatic heterocycles. The fourth-order valence-corrected chi connectivity index (χ4v) is 7.37. The van der Waals surface area contributed by atoms with Gasteiger partial charge < -0.3 is 18.9 Å². The summed E-state index contributed by atoms with van der Waals surface area (Å²) in [5, 5.41) is 0. The highest BCUT2D eigenvalue weighted by Crippen LogP contribution is 2.18. The summed E-state index contributed by atoms with van der Waals surface area (Å²) >= 11 is 4.63. The molecule has 0 fully saturated rings. The normalized spacial score (nSPS) is 11.1. The molecule has 2 aromatic rings. The van der Waals surface area contributed by atoms with Gasteiger partial charge >= 0.3 is 11.9 Å². The van der Waals surface area contributed by atoms with Crippen LogP contribution in [0.1, 0.15) is 186 Å². The van der Waals surface area contributed by atoms with Crippen LogP contribution in [-0.4, -0.2) is 38.4 Å². The van der Waals surface area contributed by atoms with E-state index in [-0.39, 0.29) is 11.9 Å². The second-order valence-electron chi connectivity index (χ2n) is 15.1. The first-order valence-electron chi connectivity index (χ1n) is 22.1. The van der Waals surface area contributed by atoms with Crippen molar-refractivity contribution in [1.82, 2.24) is 0 Å². The molecule has 0 aromatic heterocycles. The summed E-state index contributed by atoms with van der Waals surface area (Å²) in [4.78, 5) is 24.0. The monoisotopic (exact) mass is 988 g/mol. The van der Waals surface area contributed by atoms with Crippen molar-refractivity contribution in [3.63, 3.8) is 0 Å². The molecule has 55 heavy (non-hydrogen) atoms. The third-order valence-electron chi connectivity index (χ3n) is 10.0. The van der Waals surface area contributed by atoms with E-state index in [1.807, 2.05) is 24.3 Å². The molecular formula is C47H74I2O6. The van der Waals surface area contributed by atoms with Crippen molar-refractivity contribution >= 4 is 57.1 Å². The van der Waals surface area contributed by atoms with E-state index in [0.29, 0.717) is 32.5 Å². The van der Waals surface area contributed by atoms with Gasteiger partial charge in [-0.2, -0.15) is 0 Å². The minimum atomic E-state index is -0.128. The molecule has 0 aliphatic carbocycles. The van der Waals surface area contributed by atoms with Gasteiger partial charge in [-0.05, 0) is 119 Å². The predicted octanol–water partition coefficient (Wildman–Crippen LogP) is 14.8. The lowest BCUT2D eigenvalue weighted by atomic mass is 10.0. The topological polar surface area (TPSA) is 71.1 Å². The van der Waals surface area contributed by atoms with Crippen LogP contribution in [0.2, 0.25) is 0 Å². The van der Waals surface area contributed by atoms with Crippen molar-refractivity contribution in [2.45, 2.75) is 186 Å². The Morgan fingerprint density at radius 2 is 0.582 bits per heavy atom.